The summed E-state index contributed by atoms with van der Waals surface area (Å²) in [5.74, 6) is -5.56. The van der Waals surface area contributed by atoms with Crippen LogP contribution < -0.4 is 0 Å². The van der Waals surface area contributed by atoms with Crippen LogP contribution in [0.5, 0.6) is 0 Å². The molecule has 0 spiro atoms. The molecule has 118 valence electrons. The zero-order chi connectivity index (χ0) is 16.5. The molecular weight excluding hydrogens is 308 g/mol. The number of hydrogen-bond acceptors (Lipinski definition) is 5. The first-order valence-electron chi connectivity index (χ1n) is 6.93. The number of cyclic esters (lactones) is 2. The quantitative estimate of drug-likeness (QED) is 0.629. The van der Waals surface area contributed by atoms with E-state index in [1.807, 2.05) is 0 Å². The van der Waals surface area contributed by atoms with Gasteiger partial charge in [-0.1, -0.05) is 30.7 Å². The highest BCUT2D eigenvalue weighted by Crippen LogP contribution is 2.26. The van der Waals surface area contributed by atoms with Crippen molar-refractivity contribution in [2.75, 3.05) is 0 Å². The Morgan fingerprint density at radius 1 is 1.18 bits per heavy atom. The maximum absolute atomic E-state index is 12.4. The maximum atomic E-state index is 12.4. The normalized spacial score (nSPS) is 19.3. The second kappa shape index (κ2) is 6.08. The highest BCUT2D eigenvalue weighted by atomic mass is 35.5. The number of benzene rings is 1. The topological polar surface area (TPSA) is 69.7 Å². The molecule has 6 heteroatoms. The maximum Gasteiger partial charge on any atom is 0.331 e. The number of carbonyl (C=O) groups is 3. The minimum absolute atomic E-state index is 0.399. The number of halogens is 1. The Bertz CT molecular complexity index is 585. The van der Waals surface area contributed by atoms with E-state index in [0.717, 1.165) is 5.56 Å². The number of ketones is 1. The van der Waals surface area contributed by atoms with E-state index in [9.17, 15) is 14.4 Å². The van der Waals surface area contributed by atoms with Gasteiger partial charge >= 0.3 is 11.9 Å². The van der Waals surface area contributed by atoms with Crippen LogP contribution in [0.1, 0.15) is 26.3 Å². The summed E-state index contributed by atoms with van der Waals surface area (Å²) in [6, 6.07) is 7.04. The van der Waals surface area contributed by atoms with E-state index in [1.54, 1.807) is 31.2 Å². The lowest BCUT2D eigenvalue weighted by molar-refractivity contribution is -0.238. The van der Waals surface area contributed by atoms with E-state index in [0.29, 0.717) is 11.4 Å². The fourth-order valence-electron chi connectivity index (χ4n) is 2.31. The Kier molecular flexibility index (Phi) is 4.56. The first kappa shape index (κ1) is 16.5. The first-order chi connectivity index (χ1) is 10.2. The van der Waals surface area contributed by atoms with E-state index in [2.05, 4.69) is 0 Å². The molecule has 0 radical (unpaired) electrons. The summed E-state index contributed by atoms with van der Waals surface area (Å²) in [6.07, 6.45) is 0.399. The molecule has 2 rings (SSSR count). The molecular formula is C16H17ClO5. The summed E-state index contributed by atoms with van der Waals surface area (Å²) in [6.45, 7) is 4.55. The van der Waals surface area contributed by atoms with Gasteiger partial charge in [0.1, 0.15) is 0 Å². The SMILES string of the molecule is C[C@@H](Cc1ccc(Cl)cc1)C(=O)C1C(=O)OC(C)(C)OC1=O. The average molecular weight is 325 g/mol. The first-order valence-corrected chi connectivity index (χ1v) is 7.31. The zero-order valence-electron chi connectivity index (χ0n) is 12.6. The van der Waals surface area contributed by atoms with Crippen LogP contribution in [-0.4, -0.2) is 23.5 Å². The number of carbonyl (C=O) groups excluding carboxylic acids is 3. The van der Waals surface area contributed by atoms with Crippen LogP contribution >= 0.6 is 11.6 Å². The predicted octanol–water partition coefficient (Wildman–Crippen LogP) is 2.54. The second-order valence-electron chi connectivity index (χ2n) is 5.81. The highest BCUT2D eigenvalue weighted by molar-refractivity contribution is 6.30. The molecule has 22 heavy (non-hydrogen) atoms. The van der Waals surface area contributed by atoms with E-state index < -0.39 is 35.3 Å². The molecule has 1 fully saturated rings. The molecule has 1 aliphatic rings. The van der Waals surface area contributed by atoms with E-state index in [1.165, 1.54) is 13.8 Å². The van der Waals surface area contributed by atoms with Crippen LogP contribution in [0, 0.1) is 11.8 Å². The van der Waals surface area contributed by atoms with Crippen molar-refractivity contribution in [3.63, 3.8) is 0 Å². The Morgan fingerprint density at radius 3 is 2.18 bits per heavy atom. The van der Waals surface area contributed by atoms with Crippen LogP contribution in [-0.2, 0) is 30.3 Å². The molecule has 0 aromatic heterocycles. The van der Waals surface area contributed by atoms with Crippen LogP contribution in [0.2, 0.25) is 5.02 Å². The zero-order valence-corrected chi connectivity index (χ0v) is 13.3. The average Bonchev–Trinajstić information content (AvgIpc) is 2.38. The Hall–Kier alpha value is -1.88. The summed E-state index contributed by atoms with van der Waals surface area (Å²) >= 11 is 5.81. The number of Topliss-reactive ketones (excluding diaryl/α,β-unsaturated/α-hetero) is 1. The van der Waals surface area contributed by atoms with Gasteiger partial charge in [0, 0.05) is 24.8 Å². The van der Waals surface area contributed by atoms with Gasteiger partial charge in [0.15, 0.2) is 5.78 Å². The molecule has 0 saturated carbocycles. The third kappa shape index (κ3) is 3.65. The number of ether oxygens (including phenoxy) is 2. The molecule has 1 heterocycles. The molecule has 1 aromatic carbocycles. The van der Waals surface area contributed by atoms with Gasteiger partial charge in [0.2, 0.25) is 5.92 Å². The van der Waals surface area contributed by atoms with E-state index in [4.69, 9.17) is 21.1 Å². The summed E-state index contributed by atoms with van der Waals surface area (Å²) in [7, 11) is 0. The summed E-state index contributed by atoms with van der Waals surface area (Å²) in [5, 5.41) is 0.601. The largest absolute Gasteiger partial charge is 0.422 e. The summed E-state index contributed by atoms with van der Waals surface area (Å²) in [4.78, 5) is 36.2. The van der Waals surface area contributed by atoms with Gasteiger partial charge in [-0.3, -0.25) is 14.4 Å². The third-order valence-corrected chi connectivity index (χ3v) is 3.64. The van der Waals surface area contributed by atoms with E-state index in [-0.39, 0.29) is 0 Å². The Labute approximate surface area is 133 Å². The van der Waals surface area contributed by atoms with Crippen LogP contribution in [0.4, 0.5) is 0 Å². The minimum atomic E-state index is -1.50. The van der Waals surface area contributed by atoms with E-state index >= 15 is 0 Å². The molecule has 0 unspecified atom stereocenters. The molecule has 5 nitrogen and oxygen atoms in total. The van der Waals surface area contributed by atoms with Crippen LogP contribution in [0.3, 0.4) is 0 Å². The Balaban J connectivity index is 2.08. The lowest BCUT2D eigenvalue weighted by Gasteiger charge is -2.33. The Morgan fingerprint density at radius 2 is 1.68 bits per heavy atom. The third-order valence-electron chi connectivity index (χ3n) is 3.39. The van der Waals surface area contributed by atoms with Crippen molar-refractivity contribution in [3.05, 3.63) is 34.9 Å². The molecule has 1 atom stereocenters. The van der Waals surface area contributed by atoms with Gasteiger partial charge in [0.25, 0.3) is 5.79 Å². The smallest absolute Gasteiger partial charge is 0.331 e. The fraction of sp³-hybridized carbons (Fsp3) is 0.438. The molecule has 0 bridgehead atoms. The van der Waals surface area contributed by atoms with Crippen LogP contribution in [0.25, 0.3) is 0 Å². The molecule has 1 aliphatic heterocycles. The predicted molar refractivity (Wildman–Crippen MR) is 79.1 cm³/mol. The lowest BCUT2D eigenvalue weighted by atomic mass is 9.88. The van der Waals surface area contributed by atoms with Crippen molar-refractivity contribution < 1.29 is 23.9 Å². The fourth-order valence-corrected chi connectivity index (χ4v) is 2.44. The number of rotatable bonds is 4. The van der Waals surface area contributed by atoms with Crippen molar-refractivity contribution in [2.45, 2.75) is 33.0 Å². The molecule has 1 saturated heterocycles. The van der Waals surface area contributed by atoms with Crippen molar-refractivity contribution >= 4 is 29.3 Å². The monoisotopic (exact) mass is 324 g/mol. The summed E-state index contributed by atoms with van der Waals surface area (Å²) in [5.41, 5.74) is 0.892. The van der Waals surface area contributed by atoms with Gasteiger partial charge in [-0.2, -0.15) is 0 Å². The van der Waals surface area contributed by atoms with Gasteiger partial charge < -0.3 is 9.47 Å². The van der Waals surface area contributed by atoms with Crippen LogP contribution in [0.15, 0.2) is 24.3 Å². The van der Waals surface area contributed by atoms with Crippen molar-refractivity contribution in [3.8, 4) is 0 Å². The van der Waals surface area contributed by atoms with Gasteiger partial charge in [-0.25, -0.2) is 0 Å². The number of esters is 2. The van der Waals surface area contributed by atoms with Crippen molar-refractivity contribution in [1.82, 2.24) is 0 Å². The highest BCUT2D eigenvalue weighted by Gasteiger charge is 2.48. The molecule has 0 aliphatic carbocycles. The van der Waals surface area contributed by atoms with Crippen molar-refractivity contribution in [1.29, 1.82) is 0 Å². The van der Waals surface area contributed by atoms with Gasteiger partial charge in [-0.15, -0.1) is 0 Å². The summed E-state index contributed by atoms with van der Waals surface area (Å²) < 4.78 is 9.95. The molecule has 0 N–H and O–H groups in total. The van der Waals surface area contributed by atoms with Crippen molar-refractivity contribution in [2.24, 2.45) is 11.8 Å². The lowest BCUT2D eigenvalue weighted by Crippen LogP contribution is -2.50. The standard InChI is InChI=1S/C16H17ClO5/c1-9(8-10-4-6-11(17)7-5-10)13(18)12-14(19)21-16(2,3)22-15(12)20/h4-7,9,12H,8H2,1-3H3/t9-/m0/s1. The second-order valence-corrected chi connectivity index (χ2v) is 6.25. The van der Waals surface area contributed by atoms with Gasteiger partial charge in [0.05, 0.1) is 0 Å². The number of hydrogen-bond donors (Lipinski definition) is 0. The molecule has 1 aromatic rings. The minimum Gasteiger partial charge on any atom is -0.422 e. The molecule has 0 amide bonds. The van der Waals surface area contributed by atoms with Gasteiger partial charge in [-0.05, 0) is 24.1 Å².